The summed E-state index contributed by atoms with van der Waals surface area (Å²) in [5, 5.41) is 9.07. The first-order chi connectivity index (χ1) is 8.52. The number of carbonyl (C=O) groups excluding carboxylic acids is 1. The summed E-state index contributed by atoms with van der Waals surface area (Å²) < 4.78 is 15.9. The zero-order valence-electron chi connectivity index (χ0n) is 11.0. The van der Waals surface area contributed by atoms with E-state index in [4.69, 9.17) is 19.3 Å². The number of aliphatic carboxylic acids is 1. The molecule has 1 fully saturated rings. The van der Waals surface area contributed by atoms with Crippen molar-refractivity contribution in [2.75, 3.05) is 19.8 Å². The van der Waals surface area contributed by atoms with Crippen LogP contribution >= 0.6 is 0 Å². The molecule has 1 saturated carbocycles. The minimum absolute atomic E-state index is 0.174. The monoisotopic (exact) mass is 260 g/mol. The second-order valence-corrected chi connectivity index (χ2v) is 4.06. The van der Waals surface area contributed by atoms with Crippen LogP contribution in [0.3, 0.4) is 0 Å². The molecule has 0 aliphatic heterocycles. The van der Waals surface area contributed by atoms with E-state index in [1.807, 2.05) is 0 Å². The van der Waals surface area contributed by atoms with Gasteiger partial charge < -0.3 is 19.3 Å². The fourth-order valence-corrected chi connectivity index (χ4v) is 2.33. The average molecular weight is 260 g/mol. The van der Waals surface area contributed by atoms with Crippen molar-refractivity contribution in [2.24, 2.45) is 11.8 Å². The van der Waals surface area contributed by atoms with E-state index < -0.39 is 29.6 Å². The minimum atomic E-state index is -1.14. The normalized spacial score (nSPS) is 25.3. The van der Waals surface area contributed by atoms with Gasteiger partial charge in [0.05, 0.1) is 12.5 Å². The largest absolute Gasteiger partial charge is 0.481 e. The summed E-state index contributed by atoms with van der Waals surface area (Å²) >= 11 is 0. The van der Waals surface area contributed by atoms with Gasteiger partial charge in [-0.2, -0.15) is 0 Å². The van der Waals surface area contributed by atoms with E-state index in [0.717, 1.165) is 0 Å². The fourth-order valence-electron chi connectivity index (χ4n) is 2.33. The molecule has 1 aliphatic rings. The summed E-state index contributed by atoms with van der Waals surface area (Å²) in [5.41, 5.74) is 0. The van der Waals surface area contributed by atoms with Crippen molar-refractivity contribution in [1.29, 1.82) is 0 Å². The molecule has 0 radical (unpaired) electrons. The van der Waals surface area contributed by atoms with Crippen molar-refractivity contribution in [1.82, 2.24) is 0 Å². The number of hydrogen-bond acceptors (Lipinski definition) is 5. The van der Waals surface area contributed by atoms with Crippen LogP contribution in [0.1, 0.15) is 27.2 Å². The topological polar surface area (TPSA) is 82.1 Å². The van der Waals surface area contributed by atoms with E-state index in [1.165, 1.54) is 0 Å². The molecule has 1 rings (SSSR count). The van der Waals surface area contributed by atoms with Crippen LogP contribution in [0.2, 0.25) is 0 Å². The van der Waals surface area contributed by atoms with Gasteiger partial charge in [-0.3, -0.25) is 9.59 Å². The third-order valence-electron chi connectivity index (χ3n) is 3.02. The van der Waals surface area contributed by atoms with E-state index >= 15 is 0 Å². The lowest BCUT2D eigenvalue weighted by atomic mass is 9.67. The van der Waals surface area contributed by atoms with E-state index in [-0.39, 0.29) is 13.0 Å². The Morgan fingerprint density at radius 1 is 1.17 bits per heavy atom. The van der Waals surface area contributed by atoms with Gasteiger partial charge in [-0.05, 0) is 20.8 Å². The van der Waals surface area contributed by atoms with Crippen LogP contribution in [0.5, 0.6) is 0 Å². The van der Waals surface area contributed by atoms with E-state index in [0.29, 0.717) is 13.2 Å². The summed E-state index contributed by atoms with van der Waals surface area (Å²) in [6.07, 6.45) is 0.174. The maximum Gasteiger partial charge on any atom is 0.315 e. The van der Waals surface area contributed by atoms with Crippen LogP contribution in [0.4, 0.5) is 0 Å². The van der Waals surface area contributed by atoms with E-state index in [9.17, 15) is 9.59 Å². The molecule has 0 heterocycles. The molecule has 0 spiro atoms. The number of esters is 1. The van der Waals surface area contributed by atoms with Crippen LogP contribution in [-0.2, 0) is 23.8 Å². The average Bonchev–Trinajstić information content (AvgIpc) is 2.26. The Morgan fingerprint density at radius 2 is 1.72 bits per heavy atom. The van der Waals surface area contributed by atoms with E-state index in [1.54, 1.807) is 20.8 Å². The van der Waals surface area contributed by atoms with Crippen molar-refractivity contribution in [3.8, 4) is 0 Å². The maximum absolute atomic E-state index is 11.9. The molecule has 6 heteroatoms. The fraction of sp³-hybridized carbons (Fsp3) is 0.833. The molecule has 1 N–H and O–H groups in total. The van der Waals surface area contributed by atoms with Gasteiger partial charge >= 0.3 is 11.9 Å². The van der Waals surface area contributed by atoms with Gasteiger partial charge in [-0.15, -0.1) is 0 Å². The van der Waals surface area contributed by atoms with Crippen molar-refractivity contribution in [3.63, 3.8) is 0 Å². The molecule has 0 aromatic rings. The number of hydrogen-bond donors (Lipinski definition) is 1. The molecular weight excluding hydrogens is 240 g/mol. The number of carbonyl (C=O) groups is 2. The molecule has 0 aromatic heterocycles. The summed E-state index contributed by atoms with van der Waals surface area (Å²) in [5.74, 6) is -4.43. The summed E-state index contributed by atoms with van der Waals surface area (Å²) in [4.78, 5) is 22.9. The SMILES string of the molecule is CCOC(=O)C1C(C(=O)O)CC1(OCC)OCC. The number of rotatable bonds is 7. The maximum atomic E-state index is 11.9. The molecular formula is C12H20O6. The van der Waals surface area contributed by atoms with Gasteiger partial charge in [0.25, 0.3) is 0 Å². The molecule has 2 atom stereocenters. The molecule has 2 unspecified atom stereocenters. The lowest BCUT2D eigenvalue weighted by Gasteiger charge is -2.50. The van der Waals surface area contributed by atoms with Gasteiger partial charge in [-0.1, -0.05) is 0 Å². The highest BCUT2D eigenvalue weighted by Crippen LogP contribution is 2.48. The molecule has 1 aliphatic carbocycles. The van der Waals surface area contributed by atoms with Crippen molar-refractivity contribution >= 4 is 11.9 Å². The number of carboxylic acid groups (broad SMARTS) is 1. The lowest BCUT2D eigenvalue weighted by molar-refractivity contribution is -0.321. The zero-order valence-corrected chi connectivity index (χ0v) is 11.0. The van der Waals surface area contributed by atoms with Crippen LogP contribution in [-0.4, -0.2) is 42.7 Å². The lowest BCUT2D eigenvalue weighted by Crippen LogP contribution is -2.63. The molecule has 0 bridgehead atoms. The molecule has 0 aromatic carbocycles. The highest BCUT2D eigenvalue weighted by atomic mass is 16.7. The second kappa shape index (κ2) is 6.15. The predicted molar refractivity (Wildman–Crippen MR) is 61.8 cm³/mol. The molecule has 18 heavy (non-hydrogen) atoms. The summed E-state index contributed by atoms with van der Waals surface area (Å²) in [6, 6.07) is 0. The summed E-state index contributed by atoms with van der Waals surface area (Å²) in [7, 11) is 0. The molecule has 104 valence electrons. The van der Waals surface area contributed by atoms with Crippen LogP contribution in [0.25, 0.3) is 0 Å². The highest BCUT2D eigenvalue weighted by Gasteiger charge is 2.63. The van der Waals surface area contributed by atoms with Crippen LogP contribution in [0, 0.1) is 11.8 Å². The Morgan fingerprint density at radius 3 is 2.11 bits per heavy atom. The van der Waals surface area contributed by atoms with Crippen molar-refractivity contribution in [2.45, 2.75) is 33.0 Å². The van der Waals surface area contributed by atoms with Gasteiger partial charge in [-0.25, -0.2) is 0 Å². The van der Waals surface area contributed by atoms with Gasteiger partial charge in [0.15, 0.2) is 5.79 Å². The Balaban J connectivity index is 2.90. The first kappa shape index (κ1) is 14.9. The van der Waals surface area contributed by atoms with E-state index in [2.05, 4.69) is 0 Å². The minimum Gasteiger partial charge on any atom is -0.481 e. The Kier molecular flexibility index (Phi) is 5.10. The summed E-state index contributed by atoms with van der Waals surface area (Å²) in [6.45, 7) is 6.13. The third-order valence-corrected chi connectivity index (χ3v) is 3.02. The molecule has 0 saturated heterocycles. The van der Waals surface area contributed by atoms with Gasteiger partial charge in [0.2, 0.25) is 0 Å². The Bertz CT molecular complexity index is 308. The first-order valence-corrected chi connectivity index (χ1v) is 6.19. The quantitative estimate of drug-likeness (QED) is 0.544. The highest BCUT2D eigenvalue weighted by molar-refractivity contribution is 5.84. The van der Waals surface area contributed by atoms with Crippen molar-refractivity contribution < 1.29 is 28.9 Å². The second-order valence-electron chi connectivity index (χ2n) is 4.06. The van der Waals surface area contributed by atoms with Crippen LogP contribution < -0.4 is 0 Å². The third kappa shape index (κ3) is 2.64. The molecule has 6 nitrogen and oxygen atoms in total. The number of ether oxygens (including phenoxy) is 3. The predicted octanol–water partition coefficient (Wildman–Crippen LogP) is 1.04. The Hall–Kier alpha value is -1.14. The van der Waals surface area contributed by atoms with Crippen LogP contribution in [0.15, 0.2) is 0 Å². The Labute approximate surface area is 106 Å². The van der Waals surface area contributed by atoms with Gasteiger partial charge in [0.1, 0.15) is 5.92 Å². The number of carboxylic acids is 1. The first-order valence-electron chi connectivity index (χ1n) is 6.19. The zero-order chi connectivity index (χ0) is 13.8. The van der Waals surface area contributed by atoms with Crippen molar-refractivity contribution in [3.05, 3.63) is 0 Å². The molecule has 0 amide bonds. The smallest absolute Gasteiger partial charge is 0.315 e. The standard InChI is InChI=1S/C12H20O6/c1-4-16-11(15)9-8(10(13)14)7-12(9,17-5-2)18-6-3/h8-9H,4-7H2,1-3H3,(H,13,14). The van der Waals surface area contributed by atoms with Gasteiger partial charge in [0, 0.05) is 19.6 Å².